The molecule has 0 aliphatic heterocycles. The van der Waals surface area contributed by atoms with E-state index in [4.69, 9.17) is 5.11 Å². The molecule has 0 saturated heterocycles. The number of carboxylic acids is 1. The quantitative estimate of drug-likeness (QED) is 0.601. The van der Waals surface area contributed by atoms with Crippen LogP contribution in [-0.2, 0) is 34.1 Å². The lowest BCUT2D eigenvalue weighted by atomic mass is 9.97. The highest BCUT2D eigenvalue weighted by atomic mass is 32.2. The lowest BCUT2D eigenvalue weighted by molar-refractivity contribution is -0.136. The molecule has 6 nitrogen and oxygen atoms in total. The predicted molar refractivity (Wildman–Crippen MR) is 117 cm³/mol. The Balaban J connectivity index is 1.68. The molecule has 1 aliphatic carbocycles. The van der Waals surface area contributed by atoms with Gasteiger partial charge in [-0.05, 0) is 60.4 Å². The van der Waals surface area contributed by atoms with Crippen molar-refractivity contribution in [1.82, 2.24) is 9.71 Å². The Bertz CT molecular complexity index is 939. The summed E-state index contributed by atoms with van der Waals surface area (Å²) in [6.07, 6.45) is 9.94. The van der Waals surface area contributed by atoms with E-state index in [1.54, 1.807) is 6.20 Å². The van der Waals surface area contributed by atoms with Gasteiger partial charge < -0.3 is 5.11 Å². The van der Waals surface area contributed by atoms with Gasteiger partial charge in [0.05, 0.1) is 5.25 Å². The minimum absolute atomic E-state index is 0.0735. The number of aryl methyl sites for hydroxylation is 1. The Morgan fingerprint density at radius 1 is 1.03 bits per heavy atom. The first-order chi connectivity index (χ1) is 14.4. The number of pyridine rings is 1. The van der Waals surface area contributed by atoms with E-state index in [1.165, 1.54) is 0 Å². The van der Waals surface area contributed by atoms with Gasteiger partial charge >= 0.3 is 5.97 Å². The van der Waals surface area contributed by atoms with Gasteiger partial charge in [0.1, 0.15) is 0 Å². The molecule has 0 atom stereocenters. The third kappa shape index (κ3) is 6.92. The summed E-state index contributed by atoms with van der Waals surface area (Å²) in [5.74, 6) is -0.825. The van der Waals surface area contributed by atoms with E-state index in [9.17, 15) is 13.2 Å². The minimum atomic E-state index is -3.28. The predicted octanol–water partition coefficient (Wildman–Crippen LogP) is 3.48. The van der Waals surface area contributed by atoms with Crippen LogP contribution >= 0.6 is 0 Å². The number of rotatable bonds is 10. The topological polar surface area (TPSA) is 96.4 Å². The summed E-state index contributed by atoms with van der Waals surface area (Å²) in [5, 5.41) is 8.75. The number of sulfonamides is 1. The van der Waals surface area contributed by atoms with Gasteiger partial charge in [-0.15, -0.1) is 0 Å². The number of aromatic nitrogens is 1. The van der Waals surface area contributed by atoms with Gasteiger partial charge in [-0.25, -0.2) is 13.1 Å². The Hall–Kier alpha value is -2.25. The molecule has 1 fully saturated rings. The number of hydrogen-bond donors (Lipinski definition) is 2. The fourth-order valence-electron chi connectivity index (χ4n) is 4.05. The molecule has 3 rings (SSSR count). The molecule has 1 saturated carbocycles. The van der Waals surface area contributed by atoms with E-state index in [0.29, 0.717) is 25.8 Å². The monoisotopic (exact) mass is 430 g/mol. The third-order valence-corrected chi connectivity index (χ3v) is 7.53. The molecule has 0 spiro atoms. The maximum absolute atomic E-state index is 12.5. The van der Waals surface area contributed by atoms with Crippen LogP contribution in [0.15, 0.2) is 42.7 Å². The average molecular weight is 431 g/mol. The Labute approximate surface area is 178 Å². The number of nitrogens with one attached hydrogen (secondary N) is 1. The average Bonchev–Trinajstić information content (AvgIpc) is 2.73. The zero-order chi connectivity index (χ0) is 21.4. The van der Waals surface area contributed by atoms with Crippen molar-refractivity contribution >= 4 is 16.0 Å². The number of benzene rings is 1. The highest BCUT2D eigenvalue weighted by Crippen LogP contribution is 2.23. The van der Waals surface area contributed by atoms with Gasteiger partial charge in [0.2, 0.25) is 10.0 Å². The maximum Gasteiger partial charge on any atom is 0.303 e. The van der Waals surface area contributed by atoms with Gasteiger partial charge in [0.15, 0.2) is 0 Å². The summed E-state index contributed by atoms with van der Waals surface area (Å²) < 4.78 is 27.9. The summed E-state index contributed by atoms with van der Waals surface area (Å²) in [4.78, 5) is 15.1. The molecule has 2 N–H and O–H groups in total. The zero-order valence-electron chi connectivity index (χ0n) is 17.2. The van der Waals surface area contributed by atoms with E-state index in [0.717, 1.165) is 54.4 Å². The van der Waals surface area contributed by atoms with Crippen LogP contribution in [0.25, 0.3) is 0 Å². The molecule has 0 amide bonds. The Morgan fingerprint density at radius 2 is 1.73 bits per heavy atom. The van der Waals surface area contributed by atoms with Crippen LogP contribution in [0.5, 0.6) is 0 Å². The smallest absolute Gasteiger partial charge is 0.303 e. The van der Waals surface area contributed by atoms with E-state index < -0.39 is 16.0 Å². The summed E-state index contributed by atoms with van der Waals surface area (Å²) >= 11 is 0. The van der Waals surface area contributed by atoms with E-state index >= 15 is 0 Å². The summed E-state index contributed by atoms with van der Waals surface area (Å²) in [5.41, 5.74) is 4.14. The second kappa shape index (κ2) is 10.7. The third-order valence-electron chi connectivity index (χ3n) is 5.58. The van der Waals surface area contributed by atoms with Gasteiger partial charge in [0.25, 0.3) is 0 Å². The van der Waals surface area contributed by atoms with Gasteiger partial charge in [-0.1, -0.05) is 43.5 Å². The van der Waals surface area contributed by atoms with Crippen molar-refractivity contribution in [2.24, 2.45) is 0 Å². The fourth-order valence-corrected chi connectivity index (χ4v) is 5.63. The van der Waals surface area contributed by atoms with Crippen molar-refractivity contribution in [2.45, 2.75) is 63.0 Å². The van der Waals surface area contributed by atoms with Crippen LogP contribution in [0.3, 0.4) is 0 Å². The highest BCUT2D eigenvalue weighted by Gasteiger charge is 2.26. The molecule has 7 heteroatoms. The van der Waals surface area contributed by atoms with Crippen molar-refractivity contribution in [3.8, 4) is 0 Å². The van der Waals surface area contributed by atoms with Crippen LogP contribution in [0.4, 0.5) is 0 Å². The summed E-state index contributed by atoms with van der Waals surface area (Å²) in [6.45, 7) is 0.355. The van der Waals surface area contributed by atoms with Crippen LogP contribution in [-0.4, -0.2) is 36.3 Å². The fraction of sp³-hybridized carbons (Fsp3) is 0.478. The first kappa shape index (κ1) is 22.4. The summed E-state index contributed by atoms with van der Waals surface area (Å²) in [7, 11) is -3.28. The first-order valence-electron chi connectivity index (χ1n) is 10.6. The molecular formula is C23H30N2O4S. The molecule has 30 heavy (non-hydrogen) atoms. The highest BCUT2D eigenvalue weighted by molar-refractivity contribution is 7.90. The van der Waals surface area contributed by atoms with E-state index in [-0.39, 0.29) is 11.7 Å². The van der Waals surface area contributed by atoms with Crippen LogP contribution in [0.2, 0.25) is 0 Å². The molecule has 162 valence electrons. The second-order valence-corrected chi connectivity index (χ2v) is 10.1. The Morgan fingerprint density at radius 3 is 2.40 bits per heavy atom. The molecule has 0 unspecified atom stereocenters. The van der Waals surface area contributed by atoms with Crippen LogP contribution in [0, 0.1) is 0 Å². The van der Waals surface area contributed by atoms with Crippen molar-refractivity contribution in [2.75, 3.05) is 6.54 Å². The second-order valence-electron chi connectivity index (χ2n) is 8.04. The molecule has 1 aromatic heterocycles. The molecule has 0 bridgehead atoms. The SMILES string of the molecule is O=C(O)CCc1cc(CCNS(=O)(=O)C2CCCCC2)cc(Cc2cccnc2)c1. The zero-order valence-corrected chi connectivity index (χ0v) is 18.0. The molecular weight excluding hydrogens is 400 g/mol. The lowest BCUT2D eigenvalue weighted by Gasteiger charge is -2.22. The molecule has 2 aromatic rings. The van der Waals surface area contributed by atoms with Gasteiger partial charge in [-0.3, -0.25) is 9.78 Å². The van der Waals surface area contributed by atoms with Crippen molar-refractivity contribution in [3.05, 3.63) is 65.0 Å². The van der Waals surface area contributed by atoms with Crippen LogP contribution in [0.1, 0.15) is 60.8 Å². The minimum Gasteiger partial charge on any atom is -0.481 e. The van der Waals surface area contributed by atoms with E-state index in [2.05, 4.69) is 15.8 Å². The number of carboxylic acid groups (broad SMARTS) is 1. The number of hydrogen-bond acceptors (Lipinski definition) is 4. The largest absolute Gasteiger partial charge is 0.481 e. The first-order valence-corrected chi connectivity index (χ1v) is 12.2. The molecule has 1 heterocycles. The molecule has 0 radical (unpaired) electrons. The standard InChI is InChI=1S/C23H30N2O4S/c26-23(27)9-8-18-13-19(15-21(14-18)16-20-5-4-11-24-17-20)10-12-25-30(28,29)22-6-2-1-3-7-22/h4-5,11,13-15,17,22,25H,1-3,6-10,12,16H2,(H,26,27). The maximum atomic E-state index is 12.5. The van der Waals surface area contributed by atoms with Crippen molar-refractivity contribution < 1.29 is 18.3 Å². The van der Waals surface area contributed by atoms with E-state index in [1.807, 2.05) is 30.5 Å². The van der Waals surface area contributed by atoms with Crippen LogP contribution < -0.4 is 4.72 Å². The number of nitrogens with zero attached hydrogens (tertiary/aromatic N) is 1. The van der Waals surface area contributed by atoms with Gasteiger partial charge in [-0.2, -0.15) is 0 Å². The molecule has 1 aliphatic rings. The van der Waals surface area contributed by atoms with Crippen molar-refractivity contribution in [3.63, 3.8) is 0 Å². The lowest BCUT2D eigenvalue weighted by Crippen LogP contribution is -2.36. The summed E-state index contributed by atoms with van der Waals surface area (Å²) in [6, 6.07) is 10.0. The van der Waals surface area contributed by atoms with Gasteiger partial charge in [0, 0.05) is 25.4 Å². The van der Waals surface area contributed by atoms with Crippen molar-refractivity contribution in [1.29, 1.82) is 0 Å². The number of aliphatic carboxylic acids is 1. The Kier molecular flexibility index (Phi) is 7.99. The molecule has 1 aromatic carbocycles. The normalized spacial score (nSPS) is 15.2. The number of carbonyl (C=O) groups is 1.